The van der Waals surface area contributed by atoms with Crippen LogP contribution in [0.1, 0.15) is 19.4 Å². The number of aliphatic carboxylic acids is 1. The van der Waals surface area contributed by atoms with Gasteiger partial charge >= 0.3 is 11.7 Å². The van der Waals surface area contributed by atoms with Gasteiger partial charge in [0.15, 0.2) is 5.03 Å². The number of aromatic nitrogens is 1. The summed E-state index contributed by atoms with van der Waals surface area (Å²) < 4.78 is 0. The van der Waals surface area contributed by atoms with Gasteiger partial charge in [0, 0.05) is 11.8 Å². The Hall–Kier alpha value is -1.63. The molecular weight excluding hydrogens is 256 g/mol. The Bertz CT molecular complexity index is 476. The molecule has 1 aromatic heterocycles. The Morgan fingerprint density at radius 3 is 2.61 bits per heavy atom. The molecule has 1 aromatic rings. The molecule has 1 heterocycles. The second-order valence-corrected chi connectivity index (χ2v) is 5.29. The molecule has 1 N–H and O–H groups in total. The van der Waals surface area contributed by atoms with Crippen molar-refractivity contribution in [2.45, 2.75) is 31.0 Å². The van der Waals surface area contributed by atoms with Crippen LogP contribution in [0.15, 0.2) is 17.3 Å². The molecule has 0 saturated heterocycles. The predicted molar refractivity (Wildman–Crippen MR) is 67.7 cm³/mol. The van der Waals surface area contributed by atoms with E-state index in [2.05, 4.69) is 4.98 Å². The van der Waals surface area contributed by atoms with Gasteiger partial charge in [0.05, 0.1) is 4.92 Å². The summed E-state index contributed by atoms with van der Waals surface area (Å²) in [5, 5.41) is 19.5. The number of hydrogen-bond acceptors (Lipinski definition) is 5. The number of thioether (sulfide) groups is 1. The van der Waals surface area contributed by atoms with Crippen molar-refractivity contribution in [3.05, 3.63) is 27.9 Å². The van der Waals surface area contributed by atoms with Crippen LogP contribution >= 0.6 is 11.8 Å². The molecule has 0 fully saturated rings. The van der Waals surface area contributed by atoms with Crippen molar-refractivity contribution in [2.24, 2.45) is 5.92 Å². The number of carboxylic acids is 1. The third kappa shape index (κ3) is 3.19. The lowest BCUT2D eigenvalue weighted by molar-refractivity contribution is -0.388. The number of carbonyl (C=O) groups is 1. The van der Waals surface area contributed by atoms with Gasteiger partial charge in [-0.05, 0) is 18.9 Å². The Morgan fingerprint density at radius 2 is 2.17 bits per heavy atom. The van der Waals surface area contributed by atoms with Crippen molar-refractivity contribution in [1.29, 1.82) is 0 Å². The minimum Gasteiger partial charge on any atom is -0.480 e. The summed E-state index contributed by atoms with van der Waals surface area (Å²) in [4.78, 5) is 25.5. The van der Waals surface area contributed by atoms with Crippen molar-refractivity contribution in [2.75, 3.05) is 0 Å². The van der Waals surface area contributed by atoms with Crippen LogP contribution in [-0.2, 0) is 4.79 Å². The lowest BCUT2D eigenvalue weighted by Gasteiger charge is -2.15. The highest BCUT2D eigenvalue weighted by atomic mass is 32.2. The second kappa shape index (κ2) is 5.81. The highest BCUT2D eigenvalue weighted by molar-refractivity contribution is 8.00. The van der Waals surface area contributed by atoms with Crippen LogP contribution in [0.25, 0.3) is 0 Å². The van der Waals surface area contributed by atoms with Gasteiger partial charge in [-0.1, -0.05) is 25.6 Å². The molecule has 98 valence electrons. The fourth-order valence-corrected chi connectivity index (χ4v) is 2.51. The first-order valence-corrected chi connectivity index (χ1v) is 6.22. The van der Waals surface area contributed by atoms with E-state index in [1.165, 1.54) is 12.3 Å². The fourth-order valence-electron chi connectivity index (χ4n) is 1.43. The van der Waals surface area contributed by atoms with Crippen LogP contribution in [0.2, 0.25) is 0 Å². The first-order valence-electron chi connectivity index (χ1n) is 5.34. The fraction of sp³-hybridized carbons (Fsp3) is 0.455. The quantitative estimate of drug-likeness (QED) is 0.502. The summed E-state index contributed by atoms with van der Waals surface area (Å²) in [6.45, 7) is 5.12. The monoisotopic (exact) mass is 270 g/mol. The van der Waals surface area contributed by atoms with Crippen LogP contribution < -0.4 is 0 Å². The lowest BCUT2D eigenvalue weighted by atomic mass is 10.1. The van der Waals surface area contributed by atoms with Crippen molar-refractivity contribution < 1.29 is 14.8 Å². The van der Waals surface area contributed by atoms with Crippen molar-refractivity contribution in [3.8, 4) is 0 Å². The minimum absolute atomic E-state index is 0.116. The highest BCUT2D eigenvalue weighted by Gasteiger charge is 2.28. The van der Waals surface area contributed by atoms with Crippen molar-refractivity contribution in [3.63, 3.8) is 0 Å². The molecule has 0 bridgehead atoms. The van der Waals surface area contributed by atoms with E-state index < -0.39 is 16.1 Å². The van der Waals surface area contributed by atoms with Gasteiger partial charge in [0.1, 0.15) is 5.25 Å². The topological polar surface area (TPSA) is 93.3 Å². The van der Waals surface area contributed by atoms with E-state index in [1.807, 2.05) is 0 Å². The molecule has 7 heteroatoms. The number of hydrogen-bond donors (Lipinski definition) is 1. The molecule has 1 rings (SSSR count). The summed E-state index contributed by atoms with van der Waals surface area (Å²) in [7, 11) is 0. The predicted octanol–water partition coefficient (Wildman–Crippen LogP) is 2.50. The Kier molecular flexibility index (Phi) is 4.66. The second-order valence-electron chi connectivity index (χ2n) is 4.16. The van der Waals surface area contributed by atoms with Gasteiger partial charge in [0.25, 0.3) is 0 Å². The molecule has 1 unspecified atom stereocenters. The molecule has 0 aliphatic carbocycles. The summed E-state index contributed by atoms with van der Waals surface area (Å²) in [5.41, 5.74) is 0.361. The average molecular weight is 270 g/mol. The molecular formula is C11H14N2O4S. The van der Waals surface area contributed by atoms with Crippen molar-refractivity contribution >= 4 is 23.4 Å². The van der Waals surface area contributed by atoms with Crippen LogP contribution in [0.5, 0.6) is 0 Å². The normalized spacial score (nSPS) is 12.4. The zero-order valence-corrected chi connectivity index (χ0v) is 11.1. The van der Waals surface area contributed by atoms with Gasteiger partial charge in [-0.15, -0.1) is 0 Å². The molecule has 0 amide bonds. The standard InChI is InChI=1S/C11H14N2O4S/c1-6(2)9(11(14)15)18-10-8(13(16)17)7(3)4-5-12-10/h4-6,9H,1-3H3,(H,14,15). The molecule has 18 heavy (non-hydrogen) atoms. The summed E-state index contributed by atoms with van der Waals surface area (Å²) in [6, 6.07) is 1.54. The number of carboxylic acid groups (broad SMARTS) is 1. The Balaban J connectivity index is 3.14. The van der Waals surface area contributed by atoms with E-state index in [4.69, 9.17) is 5.11 Å². The SMILES string of the molecule is Cc1ccnc(SC(C(=O)O)C(C)C)c1[N+](=O)[O-]. The van der Waals surface area contributed by atoms with Gasteiger partial charge in [0.2, 0.25) is 0 Å². The lowest BCUT2D eigenvalue weighted by Crippen LogP contribution is -2.22. The molecule has 0 aliphatic rings. The van der Waals surface area contributed by atoms with Crippen LogP contribution in [-0.4, -0.2) is 26.2 Å². The summed E-state index contributed by atoms with van der Waals surface area (Å²) in [5.74, 6) is -1.14. The van der Waals surface area contributed by atoms with E-state index >= 15 is 0 Å². The van der Waals surface area contributed by atoms with Gasteiger partial charge in [-0.25, -0.2) is 4.98 Å². The van der Waals surface area contributed by atoms with E-state index in [1.54, 1.807) is 20.8 Å². The molecule has 6 nitrogen and oxygen atoms in total. The van der Waals surface area contributed by atoms with Crippen LogP contribution in [0, 0.1) is 23.0 Å². The van der Waals surface area contributed by atoms with Crippen molar-refractivity contribution in [1.82, 2.24) is 4.98 Å². The molecule has 0 aromatic carbocycles. The average Bonchev–Trinajstić information content (AvgIpc) is 2.24. The third-order valence-corrected chi connectivity index (χ3v) is 3.88. The van der Waals surface area contributed by atoms with Crippen LogP contribution in [0.3, 0.4) is 0 Å². The molecule has 0 spiro atoms. The van der Waals surface area contributed by atoms with E-state index in [0.29, 0.717) is 5.56 Å². The van der Waals surface area contributed by atoms with E-state index in [0.717, 1.165) is 11.8 Å². The first kappa shape index (κ1) is 14.4. The zero-order chi connectivity index (χ0) is 13.9. The largest absolute Gasteiger partial charge is 0.480 e. The number of rotatable bonds is 5. The Morgan fingerprint density at radius 1 is 1.56 bits per heavy atom. The first-order chi connectivity index (χ1) is 8.34. The number of nitrogens with zero attached hydrogens (tertiary/aromatic N) is 2. The molecule has 0 radical (unpaired) electrons. The Labute approximate surface area is 109 Å². The number of aryl methyl sites for hydroxylation is 1. The molecule has 0 saturated carbocycles. The molecule has 1 atom stereocenters. The maximum atomic E-state index is 11.1. The summed E-state index contributed by atoms with van der Waals surface area (Å²) in [6.07, 6.45) is 1.45. The van der Waals surface area contributed by atoms with Gasteiger partial charge < -0.3 is 5.11 Å². The minimum atomic E-state index is -0.993. The zero-order valence-electron chi connectivity index (χ0n) is 10.3. The number of nitro groups is 1. The van der Waals surface area contributed by atoms with Gasteiger partial charge in [-0.3, -0.25) is 14.9 Å². The molecule has 0 aliphatic heterocycles. The van der Waals surface area contributed by atoms with E-state index in [9.17, 15) is 14.9 Å². The van der Waals surface area contributed by atoms with Crippen LogP contribution in [0.4, 0.5) is 5.69 Å². The van der Waals surface area contributed by atoms with Gasteiger partial charge in [-0.2, -0.15) is 0 Å². The number of pyridine rings is 1. The highest BCUT2D eigenvalue weighted by Crippen LogP contribution is 2.34. The summed E-state index contributed by atoms with van der Waals surface area (Å²) >= 11 is 0.922. The third-order valence-electron chi connectivity index (χ3n) is 2.36. The maximum absolute atomic E-state index is 11.1. The smallest absolute Gasteiger partial charge is 0.317 e. The maximum Gasteiger partial charge on any atom is 0.317 e. The van der Waals surface area contributed by atoms with E-state index in [-0.39, 0.29) is 16.6 Å².